The van der Waals surface area contributed by atoms with Crippen molar-refractivity contribution in [2.75, 3.05) is 6.61 Å². The summed E-state index contributed by atoms with van der Waals surface area (Å²) in [6, 6.07) is 23.1. The third-order valence-electron chi connectivity index (χ3n) is 3.95. The lowest BCUT2D eigenvalue weighted by Gasteiger charge is -2.12. The molecule has 0 saturated carbocycles. The van der Waals surface area contributed by atoms with Gasteiger partial charge in [-0.3, -0.25) is 0 Å². The Morgan fingerprint density at radius 2 is 1.65 bits per heavy atom. The highest BCUT2D eigenvalue weighted by Gasteiger charge is 2.12. The van der Waals surface area contributed by atoms with Crippen LogP contribution in [-0.4, -0.2) is 12.6 Å². The highest BCUT2D eigenvalue weighted by molar-refractivity contribution is 9.10. The second kappa shape index (κ2) is 8.68. The van der Waals surface area contributed by atoms with Gasteiger partial charge in [-0.2, -0.15) is 0 Å². The maximum Gasteiger partial charge on any atom is 0.349 e. The fourth-order valence-electron chi connectivity index (χ4n) is 2.58. The van der Waals surface area contributed by atoms with Crippen LogP contribution in [0.25, 0.3) is 11.1 Å². The Hall–Kier alpha value is -2.59. The molecule has 3 aromatic carbocycles. The van der Waals surface area contributed by atoms with Crippen LogP contribution in [0, 0.1) is 0 Å². The Bertz CT molecular complexity index is 891. The number of rotatable bonds is 6. The summed E-state index contributed by atoms with van der Waals surface area (Å²) in [7, 11) is 0. The van der Waals surface area contributed by atoms with Gasteiger partial charge in [-0.1, -0.05) is 61.5 Å². The molecule has 0 N–H and O–H groups in total. The van der Waals surface area contributed by atoms with E-state index >= 15 is 0 Å². The largest absolute Gasteiger partial charge is 0.481 e. The summed E-state index contributed by atoms with van der Waals surface area (Å²) in [5.41, 5.74) is 3.06. The van der Waals surface area contributed by atoms with E-state index in [1.54, 1.807) is 6.07 Å². The number of halogens is 1. The molecule has 0 aliphatic rings. The maximum absolute atomic E-state index is 12.2. The summed E-state index contributed by atoms with van der Waals surface area (Å²) in [5.74, 6) is 0.697. The molecule has 0 unspecified atom stereocenters. The first-order chi connectivity index (χ1) is 12.7. The van der Waals surface area contributed by atoms with Crippen LogP contribution in [0.2, 0.25) is 0 Å². The van der Waals surface area contributed by atoms with E-state index in [-0.39, 0.29) is 6.61 Å². The summed E-state index contributed by atoms with van der Waals surface area (Å²) in [4.78, 5) is 12.2. The number of hydrogen-bond acceptors (Lipinski definition) is 3. The number of para-hydroxylation sites is 1. The molecule has 0 bridgehead atoms. The number of carbonyl (C=O) groups is 1. The lowest BCUT2D eigenvalue weighted by Crippen LogP contribution is -2.18. The van der Waals surface area contributed by atoms with E-state index in [1.807, 2.05) is 66.7 Å². The van der Waals surface area contributed by atoms with Gasteiger partial charge in [0.15, 0.2) is 6.61 Å². The molecule has 0 radical (unpaired) electrons. The molecule has 4 heteroatoms. The van der Waals surface area contributed by atoms with Crippen LogP contribution in [0.5, 0.6) is 11.5 Å². The van der Waals surface area contributed by atoms with E-state index in [2.05, 4.69) is 22.9 Å². The first-order valence-corrected chi connectivity index (χ1v) is 9.23. The SMILES string of the molecule is CCc1ccc(OCC(=O)Oc2ccccc2-c2ccccc2)c(Br)c1. The van der Waals surface area contributed by atoms with E-state index in [9.17, 15) is 4.79 Å². The summed E-state index contributed by atoms with van der Waals surface area (Å²) in [5, 5.41) is 0. The smallest absolute Gasteiger partial charge is 0.349 e. The van der Waals surface area contributed by atoms with Crippen molar-refractivity contribution < 1.29 is 14.3 Å². The van der Waals surface area contributed by atoms with Crippen LogP contribution in [0.15, 0.2) is 77.3 Å². The Balaban J connectivity index is 1.68. The van der Waals surface area contributed by atoms with Gasteiger partial charge in [0.1, 0.15) is 11.5 Å². The van der Waals surface area contributed by atoms with Gasteiger partial charge in [-0.05, 0) is 51.7 Å². The summed E-state index contributed by atoms with van der Waals surface area (Å²) < 4.78 is 11.9. The van der Waals surface area contributed by atoms with Crippen molar-refractivity contribution in [3.05, 3.63) is 82.8 Å². The Kier molecular flexibility index (Phi) is 6.08. The predicted molar refractivity (Wildman–Crippen MR) is 107 cm³/mol. The molecule has 0 heterocycles. The van der Waals surface area contributed by atoms with Crippen molar-refractivity contribution in [3.8, 4) is 22.6 Å². The number of benzene rings is 3. The van der Waals surface area contributed by atoms with Crippen molar-refractivity contribution in [2.45, 2.75) is 13.3 Å². The predicted octanol–water partition coefficient (Wildman–Crippen LogP) is 5.66. The minimum atomic E-state index is -0.445. The van der Waals surface area contributed by atoms with Gasteiger partial charge >= 0.3 is 5.97 Å². The third-order valence-corrected chi connectivity index (χ3v) is 4.57. The second-order valence-electron chi connectivity index (χ2n) is 5.74. The topological polar surface area (TPSA) is 35.5 Å². The highest BCUT2D eigenvalue weighted by Crippen LogP contribution is 2.30. The molecular weight excluding hydrogens is 392 g/mol. The molecule has 3 nitrogen and oxygen atoms in total. The van der Waals surface area contributed by atoms with Crippen LogP contribution in [0.4, 0.5) is 0 Å². The van der Waals surface area contributed by atoms with Gasteiger partial charge in [0, 0.05) is 5.56 Å². The number of aryl methyl sites for hydroxylation is 1. The molecule has 0 amide bonds. The van der Waals surface area contributed by atoms with E-state index in [0.29, 0.717) is 11.5 Å². The van der Waals surface area contributed by atoms with Gasteiger partial charge in [0.25, 0.3) is 0 Å². The van der Waals surface area contributed by atoms with E-state index in [4.69, 9.17) is 9.47 Å². The van der Waals surface area contributed by atoms with E-state index < -0.39 is 5.97 Å². The van der Waals surface area contributed by atoms with E-state index in [1.165, 1.54) is 5.56 Å². The fraction of sp³-hybridized carbons (Fsp3) is 0.136. The normalized spacial score (nSPS) is 10.4. The Labute approximate surface area is 161 Å². The van der Waals surface area contributed by atoms with Crippen molar-refractivity contribution in [3.63, 3.8) is 0 Å². The summed E-state index contributed by atoms with van der Waals surface area (Å²) in [6.45, 7) is 1.93. The first-order valence-electron chi connectivity index (χ1n) is 8.43. The minimum Gasteiger partial charge on any atom is -0.481 e. The quantitative estimate of drug-likeness (QED) is 0.388. The number of esters is 1. The van der Waals surface area contributed by atoms with Gasteiger partial charge in [-0.25, -0.2) is 4.79 Å². The van der Waals surface area contributed by atoms with Crippen LogP contribution >= 0.6 is 15.9 Å². The molecule has 0 saturated heterocycles. The lowest BCUT2D eigenvalue weighted by molar-refractivity contribution is -0.136. The van der Waals surface area contributed by atoms with Gasteiger partial charge < -0.3 is 9.47 Å². The zero-order chi connectivity index (χ0) is 18.4. The average molecular weight is 411 g/mol. The average Bonchev–Trinajstić information content (AvgIpc) is 2.68. The molecule has 3 aromatic rings. The fourth-order valence-corrected chi connectivity index (χ4v) is 3.12. The standard InChI is InChI=1S/C22H19BrO3/c1-2-16-12-13-21(19(23)14-16)25-15-22(24)26-20-11-7-6-10-18(20)17-8-4-3-5-9-17/h3-14H,2,15H2,1H3. The second-order valence-corrected chi connectivity index (χ2v) is 6.60. The molecule has 0 aliphatic heterocycles. The zero-order valence-corrected chi connectivity index (χ0v) is 16.0. The first kappa shape index (κ1) is 18.2. The van der Waals surface area contributed by atoms with E-state index in [0.717, 1.165) is 22.0 Å². The number of carbonyl (C=O) groups excluding carboxylic acids is 1. The van der Waals surface area contributed by atoms with Gasteiger partial charge in [0.05, 0.1) is 4.47 Å². The lowest BCUT2D eigenvalue weighted by atomic mass is 10.1. The van der Waals surface area contributed by atoms with Crippen molar-refractivity contribution in [1.82, 2.24) is 0 Å². The monoisotopic (exact) mass is 410 g/mol. The van der Waals surface area contributed by atoms with Crippen molar-refractivity contribution in [1.29, 1.82) is 0 Å². The number of hydrogen-bond donors (Lipinski definition) is 0. The molecule has 0 fully saturated rings. The van der Waals surface area contributed by atoms with Crippen LogP contribution in [0.1, 0.15) is 12.5 Å². The summed E-state index contributed by atoms with van der Waals surface area (Å²) >= 11 is 3.47. The van der Waals surface area contributed by atoms with Gasteiger partial charge in [-0.15, -0.1) is 0 Å². The van der Waals surface area contributed by atoms with Gasteiger partial charge in [0.2, 0.25) is 0 Å². The zero-order valence-electron chi connectivity index (χ0n) is 14.4. The van der Waals surface area contributed by atoms with Crippen molar-refractivity contribution in [2.24, 2.45) is 0 Å². The molecule has 132 valence electrons. The molecule has 0 aliphatic carbocycles. The molecule has 0 aromatic heterocycles. The Morgan fingerprint density at radius 1 is 0.923 bits per heavy atom. The Morgan fingerprint density at radius 3 is 2.38 bits per heavy atom. The van der Waals surface area contributed by atoms with Crippen LogP contribution in [-0.2, 0) is 11.2 Å². The van der Waals surface area contributed by atoms with Crippen LogP contribution in [0.3, 0.4) is 0 Å². The molecule has 3 rings (SSSR count). The third kappa shape index (κ3) is 4.52. The highest BCUT2D eigenvalue weighted by atomic mass is 79.9. The summed E-state index contributed by atoms with van der Waals surface area (Å²) in [6.07, 6.45) is 0.942. The molecule has 26 heavy (non-hydrogen) atoms. The minimum absolute atomic E-state index is 0.160. The number of ether oxygens (including phenoxy) is 2. The molecular formula is C22H19BrO3. The van der Waals surface area contributed by atoms with Crippen molar-refractivity contribution >= 4 is 21.9 Å². The molecule has 0 atom stereocenters. The maximum atomic E-state index is 12.2. The molecule has 0 spiro atoms. The van der Waals surface area contributed by atoms with Crippen LogP contribution < -0.4 is 9.47 Å².